The number of imidazole rings is 1. The van der Waals surface area contributed by atoms with E-state index in [0.717, 1.165) is 10.2 Å². The quantitative estimate of drug-likeness (QED) is 0.367. The molecule has 0 unspecified atom stereocenters. The summed E-state index contributed by atoms with van der Waals surface area (Å²) in [6.45, 7) is 0.489. The Morgan fingerprint density at radius 2 is 1.82 bits per heavy atom. The number of piperidine rings is 1. The Kier molecular flexibility index (Phi) is 7.06. The highest BCUT2D eigenvalue weighted by molar-refractivity contribution is 6.35. The van der Waals surface area contributed by atoms with Crippen LogP contribution < -0.4 is 5.32 Å². The topological polar surface area (TPSA) is 85.1 Å². The van der Waals surface area contributed by atoms with Gasteiger partial charge in [-0.15, -0.1) is 0 Å². The number of rotatable bonds is 4. The van der Waals surface area contributed by atoms with Gasteiger partial charge >= 0.3 is 6.18 Å². The Balaban J connectivity index is 1.43. The van der Waals surface area contributed by atoms with Gasteiger partial charge in [-0.05, 0) is 24.1 Å². The highest BCUT2D eigenvalue weighted by Crippen LogP contribution is 2.35. The molecule has 13 heteroatoms. The van der Waals surface area contributed by atoms with E-state index in [-0.39, 0.29) is 19.0 Å². The van der Waals surface area contributed by atoms with Crippen LogP contribution in [0.15, 0.2) is 48.8 Å². The standard InChI is InChI=1S/C26H23Cl2F3N6O2/c1-35-13-32-21-17(27)10-15(11-19(21)35)25(39)37-9-8-18(16(12-37)14-6-4-3-5-7-14)33-24(38)20-22(26(29,30)31)34-36(2)23(20)28/h3-7,10-11,13,16,18H,8-9,12H2,1-2H3,(H,33,38)/t16-,18-/m1/s1. The molecule has 0 radical (unpaired) electrons. The number of amides is 2. The second-order valence-electron chi connectivity index (χ2n) is 9.45. The SMILES string of the molecule is Cn1nc(C(F)(F)F)c(C(=O)N[C@@H]2CCN(C(=O)c3cc(Cl)c4ncn(C)c4c3)C[C@@H]2c2ccccc2)c1Cl. The molecule has 4 aromatic rings. The first-order valence-corrected chi connectivity index (χ1v) is 12.8. The maximum atomic E-state index is 13.6. The number of benzene rings is 2. The number of likely N-dealkylation sites (tertiary alicyclic amines) is 1. The third kappa shape index (κ3) is 5.08. The van der Waals surface area contributed by atoms with E-state index in [4.69, 9.17) is 23.2 Å². The number of nitrogens with zero attached hydrogens (tertiary/aromatic N) is 5. The van der Waals surface area contributed by atoms with Crippen molar-refractivity contribution in [3.8, 4) is 0 Å². The molecular formula is C26H23Cl2F3N6O2. The van der Waals surface area contributed by atoms with Crippen LogP contribution in [0.1, 0.15) is 44.3 Å². The lowest BCUT2D eigenvalue weighted by molar-refractivity contribution is -0.141. The number of nitrogens with one attached hydrogen (secondary N) is 1. The zero-order valence-corrected chi connectivity index (χ0v) is 22.3. The molecule has 1 aliphatic rings. The minimum absolute atomic E-state index is 0.224. The van der Waals surface area contributed by atoms with Gasteiger partial charge in [0, 0.05) is 44.7 Å². The number of hydrogen-bond donors (Lipinski definition) is 1. The Bertz CT molecular complexity index is 1570. The van der Waals surface area contributed by atoms with E-state index < -0.39 is 40.5 Å². The number of fused-ring (bicyclic) bond motifs is 1. The third-order valence-corrected chi connectivity index (χ3v) is 7.67. The molecule has 2 aromatic carbocycles. The minimum atomic E-state index is -4.86. The first kappa shape index (κ1) is 27.0. The Hall–Kier alpha value is -3.57. The van der Waals surface area contributed by atoms with Crippen molar-refractivity contribution in [1.29, 1.82) is 0 Å². The van der Waals surface area contributed by atoms with Crippen molar-refractivity contribution in [2.45, 2.75) is 24.6 Å². The summed E-state index contributed by atoms with van der Waals surface area (Å²) in [6.07, 6.45) is -2.94. The second-order valence-corrected chi connectivity index (χ2v) is 10.2. The molecular weight excluding hydrogens is 556 g/mol. The highest BCUT2D eigenvalue weighted by atomic mass is 35.5. The van der Waals surface area contributed by atoms with Gasteiger partial charge in [0.1, 0.15) is 16.2 Å². The average molecular weight is 579 g/mol. The van der Waals surface area contributed by atoms with Gasteiger partial charge in [0.2, 0.25) is 0 Å². The van der Waals surface area contributed by atoms with Gasteiger partial charge in [-0.3, -0.25) is 14.3 Å². The van der Waals surface area contributed by atoms with E-state index in [9.17, 15) is 22.8 Å². The number of hydrogen-bond acceptors (Lipinski definition) is 4. The number of aromatic nitrogens is 4. The van der Waals surface area contributed by atoms with Crippen molar-refractivity contribution < 1.29 is 22.8 Å². The highest BCUT2D eigenvalue weighted by Gasteiger charge is 2.42. The van der Waals surface area contributed by atoms with E-state index >= 15 is 0 Å². The number of aryl methyl sites for hydroxylation is 2. The molecule has 0 saturated carbocycles. The lowest BCUT2D eigenvalue weighted by atomic mass is 9.85. The van der Waals surface area contributed by atoms with E-state index in [2.05, 4.69) is 15.4 Å². The molecule has 3 heterocycles. The zero-order valence-electron chi connectivity index (χ0n) is 20.8. The van der Waals surface area contributed by atoms with Crippen LogP contribution in [0.3, 0.4) is 0 Å². The molecule has 1 N–H and O–H groups in total. The molecule has 204 valence electrons. The van der Waals surface area contributed by atoms with Crippen LogP contribution in [-0.4, -0.2) is 55.2 Å². The molecule has 2 atom stereocenters. The first-order valence-electron chi connectivity index (χ1n) is 12.0. The van der Waals surface area contributed by atoms with Crippen molar-refractivity contribution in [3.05, 3.63) is 81.4 Å². The molecule has 1 fully saturated rings. The fraction of sp³-hybridized carbons (Fsp3) is 0.308. The van der Waals surface area contributed by atoms with Crippen molar-refractivity contribution in [2.75, 3.05) is 13.1 Å². The molecule has 39 heavy (non-hydrogen) atoms. The van der Waals surface area contributed by atoms with Gasteiger partial charge in [-0.1, -0.05) is 53.5 Å². The lowest BCUT2D eigenvalue weighted by Crippen LogP contribution is -2.51. The Morgan fingerprint density at radius 1 is 1.10 bits per heavy atom. The van der Waals surface area contributed by atoms with Gasteiger partial charge < -0.3 is 14.8 Å². The van der Waals surface area contributed by atoms with E-state index in [1.807, 2.05) is 30.3 Å². The maximum Gasteiger partial charge on any atom is 0.436 e. The number of halogens is 5. The normalized spacial score (nSPS) is 18.0. The molecule has 8 nitrogen and oxygen atoms in total. The van der Waals surface area contributed by atoms with Gasteiger partial charge in [0.05, 0.1) is 16.9 Å². The molecule has 0 spiro atoms. The fourth-order valence-electron chi connectivity index (χ4n) is 4.98. The van der Waals surface area contributed by atoms with Gasteiger partial charge in [0.25, 0.3) is 11.8 Å². The molecule has 1 saturated heterocycles. The average Bonchev–Trinajstić information content (AvgIpc) is 3.43. The van der Waals surface area contributed by atoms with E-state index in [1.54, 1.807) is 35.0 Å². The summed E-state index contributed by atoms with van der Waals surface area (Å²) in [5.74, 6) is -1.62. The Morgan fingerprint density at radius 3 is 2.51 bits per heavy atom. The summed E-state index contributed by atoms with van der Waals surface area (Å²) in [4.78, 5) is 32.6. The predicted octanol–water partition coefficient (Wildman–Crippen LogP) is 5.06. The van der Waals surface area contributed by atoms with Gasteiger partial charge in [-0.25, -0.2) is 4.98 Å². The molecule has 1 aliphatic heterocycles. The van der Waals surface area contributed by atoms with Crippen LogP contribution in [-0.2, 0) is 20.3 Å². The fourth-order valence-corrected chi connectivity index (χ4v) is 5.46. The largest absolute Gasteiger partial charge is 0.436 e. The number of carbonyl (C=O) groups excluding carboxylic acids is 2. The van der Waals surface area contributed by atoms with Crippen molar-refractivity contribution in [1.82, 2.24) is 29.5 Å². The smallest absolute Gasteiger partial charge is 0.348 e. The van der Waals surface area contributed by atoms with Crippen LogP contribution in [0.4, 0.5) is 13.2 Å². The van der Waals surface area contributed by atoms with Crippen molar-refractivity contribution >= 4 is 46.0 Å². The molecule has 2 aromatic heterocycles. The third-order valence-electron chi connectivity index (χ3n) is 6.95. The van der Waals surface area contributed by atoms with Crippen LogP contribution in [0.5, 0.6) is 0 Å². The summed E-state index contributed by atoms with van der Waals surface area (Å²) in [5, 5.41) is 6.08. The van der Waals surface area contributed by atoms with Crippen LogP contribution in [0.2, 0.25) is 10.2 Å². The van der Waals surface area contributed by atoms with Crippen LogP contribution >= 0.6 is 23.2 Å². The summed E-state index contributed by atoms with van der Waals surface area (Å²) in [6, 6.07) is 11.9. The summed E-state index contributed by atoms with van der Waals surface area (Å²) < 4.78 is 43.3. The monoisotopic (exact) mass is 578 g/mol. The van der Waals surface area contributed by atoms with Gasteiger partial charge in [-0.2, -0.15) is 18.3 Å². The van der Waals surface area contributed by atoms with Crippen LogP contribution in [0.25, 0.3) is 11.0 Å². The first-order chi connectivity index (χ1) is 18.5. The van der Waals surface area contributed by atoms with E-state index in [0.29, 0.717) is 28.0 Å². The minimum Gasteiger partial charge on any atom is -0.348 e. The zero-order chi connectivity index (χ0) is 28.1. The Labute approximate surface area is 231 Å². The lowest BCUT2D eigenvalue weighted by Gasteiger charge is -2.39. The summed E-state index contributed by atoms with van der Waals surface area (Å²) >= 11 is 12.4. The van der Waals surface area contributed by atoms with Crippen LogP contribution in [0, 0.1) is 0 Å². The van der Waals surface area contributed by atoms with Gasteiger partial charge in [0.15, 0.2) is 5.69 Å². The number of alkyl halides is 3. The molecule has 2 amide bonds. The van der Waals surface area contributed by atoms with Crippen molar-refractivity contribution in [2.24, 2.45) is 14.1 Å². The molecule has 0 bridgehead atoms. The maximum absolute atomic E-state index is 13.6. The number of carbonyl (C=O) groups is 2. The van der Waals surface area contributed by atoms with Crippen molar-refractivity contribution in [3.63, 3.8) is 0 Å². The summed E-state index contributed by atoms with van der Waals surface area (Å²) in [5.41, 5.74) is 0.444. The predicted molar refractivity (Wildman–Crippen MR) is 140 cm³/mol. The van der Waals surface area contributed by atoms with E-state index in [1.165, 1.54) is 7.05 Å². The molecule has 0 aliphatic carbocycles. The second kappa shape index (κ2) is 10.2. The molecule has 5 rings (SSSR count). The summed E-state index contributed by atoms with van der Waals surface area (Å²) in [7, 11) is 3.04.